The molecule has 0 saturated carbocycles. The molecular formula is C10H15NO4. The Morgan fingerprint density at radius 2 is 1.93 bits per heavy atom. The summed E-state index contributed by atoms with van der Waals surface area (Å²) >= 11 is 0. The summed E-state index contributed by atoms with van der Waals surface area (Å²) in [5.41, 5.74) is 0.654. The number of ether oxygens (including phenoxy) is 1. The van der Waals surface area contributed by atoms with Gasteiger partial charge in [-0.05, 0) is 6.07 Å². The molecule has 0 atom stereocenters. The Morgan fingerprint density at radius 1 is 1.33 bits per heavy atom. The van der Waals surface area contributed by atoms with Gasteiger partial charge in [0.05, 0.1) is 7.11 Å². The van der Waals surface area contributed by atoms with Gasteiger partial charge in [-0.25, -0.2) is 0 Å². The Hall–Kier alpha value is -1.78. The Bertz CT molecular complexity index is 301. The van der Waals surface area contributed by atoms with Crippen LogP contribution in [0.2, 0.25) is 0 Å². The molecule has 0 amide bonds. The van der Waals surface area contributed by atoms with Crippen molar-refractivity contribution in [2.75, 3.05) is 7.11 Å². The van der Waals surface area contributed by atoms with E-state index in [9.17, 15) is 10.1 Å². The summed E-state index contributed by atoms with van der Waals surface area (Å²) in [7, 11) is 1.50. The fourth-order valence-electron chi connectivity index (χ4n) is 0.944. The van der Waals surface area contributed by atoms with Crippen molar-refractivity contribution in [1.29, 1.82) is 0 Å². The third-order valence-electron chi connectivity index (χ3n) is 1.52. The highest BCUT2D eigenvalue weighted by Crippen LogP contribution is 2.17. The monoisotopic (exact) mass is 213 g/mol. The predicted molar refractivity (Wildman–Crippen MR) is 56.1 cm³/mol. The normalized spacial score (nSPS) is 8.47. The summed E-state index contributed by atoms with van der Waals surface area (Å²) in [6.45, 7) is 3.91. The number of benzene rings is 1. The number of nitrogens with zero attached hydrogens (tertiary/aromatic N) is 1. The number of para-hydroxylation sites is 1. The first-order valence-corrected chi connectivity index (χ1v) is 4.63. The van der Waals surface area contributed by atoms with Gasteiger partial charge in [-0.3, -0.25) is 0 Å². The second kappa shape index (κ2) is 7.61. The minimum absolute atomic E-state index is 0.0863. The molecule has 5 nitrogen and oxygen atoms in total. The minimum atomic E-state index is -0.827. The van der Waals surface area contributed by atoms with Gasteiger partial charge in [-0.15, -0.1) is 10.1 Å². The summed E-state index contributed by atoms with van der Waals surface area (Å²) < 4.78 is 4.98. The van der Waals surface area contributed by atoms with E-state index in [0.717, 1.165) is 0 Å². The quantitative estimate of drug-likeness (QED) is 0.569. The summed E-state index contributed by atoms with van der Waals surface area (Å²) in [5.74, 6) is 0.587. The van der Waals surface area contributed by atoms with Crippen LogP contribution < -0.4 is 4.74 Å². The van der Waals surface area contributed by atoms with Crippen molar-refractivity contribution in [3.8, 4) is 5.75 Å². The van der Waals surface area contributed by atoms with E-state index >= 15 is 0 Å². The highest BCUT2D eigenvalue weighted by Gasteiger charge is 2.03. The van der Waals surface area contributed by atoms with Crippen molar-refractivity contribution >= 4 is 0 Å². The van der Waals surface area contributed by atoms with Crippen LogP contribution in [0.25, 0.3) is 0 Å². The van der Waals surface area contributed by atoms with Gasteiger partial charge in [-0.1, -0.05) is 32.0 Å². The zero-order chi connectivity index (χ0) is 11.7. The molecule has 0 bridgehead atoms. The van der Waals surface area contributed by atoms with Crippen LogP contribution in [-0.4, -0.2) is 12.2 Å². The summed E-state index contributed by atoms with van der Waals surface area (Å²) in [4.78, 5) is 14.1. The van der Waals surface area contributed by atoms with Crippen molar-refractivity contribution in [3.63, 3.8) is 0 Å². The van der Waals surface area contributed by atoms with E-state index in [0.29, 0.717) is 11.3 Å². The number of hydrogen-bond acceptors (Lipinski definition) is 4. The fraction of sp³-hybridized carbons (Fsp3) is 0.400. The maximum Gasteiger partial charge on any atom is 0.294 e. The molecule has 0 heterocycles. The smallest absolute Gasteiger partial charge is 0.294 e. The Morgan fingerprint density at radius 3 is 2.47 bits per heavy atom. The minimum Gasteiger partial charge on any atom is -0.496 e. The van der Waals surface area contributed by atoms with E-state index in [1.165, 1.54) is 7.11 Å². The van der Waals surface area contributed by atoms with Crippen LogP contribution in [0.15, 0.2) is 24.3 Å². The summed E-state index contributed by atoms with van der Waals surface area (Å²) in [5, 5.41) is 9.09. The van der Waals surface area contributed by atoms with Gasteiger partial charge >= 0.3 is 0 Å². The van der Waals surface area contributed by atoms with Crippen LogP contribution in [-0.2, 0) is 11.4 Å². The fourth-order valence-corrected chi connectivity index (χ4v) is 0.944. The van der Waals surface area contributed by atoms with Crippen molar-refractivity contribution in [3.05, 3.63) is 39.9 Å². The van der Waals surface area contributed by atoms with Crippen LogP contribution >= 0.6 is 0 Å². The molecule has 0 saturated heterocycles. The first-order chi connectivity index (χ1) is 7.24. The molecule has 0 aliphatic rings. The molecule has 0 N–H and O–H groups in total. The van der Waals surface area contributed by atoms with Crippen LogP contribution in [0.4, 0.5) is 0 Å². The molecule has 0 aromatic heterocycles. The van der Waals surface area contributed by atoms with Gasteiger partial charge < -0.3 is 9.57 Å². The molecule has 15 heavy (non-hydrogen) atoms. The molecule has 1 aromatic rings. The van der Waals surface area contributed by atoms with Crippen LogP contribution in [0.3, 0.4) is 0 Å². The second-order valence-electron chi connectivity index (χ2n) is 2.31. The average Bonchev–Trinajstić information content (AvgIpc) is 2.29. The largest absolute Gasteiger partial charge is 0.496 e. The first-order valence-electron chi connectivity index (χ1n) is 4.63. The Kier molecular flexibility index (Phi) is 6.70. The lowest BCUT2D eigenvalue weighted by molar-refractivity contribution is -0.763. The lowest BCUT2D eigenvalue weighted by Crippen LogP contribution is -2.01. The van der Waals surface area contributed by atoms with Crippen molar-refractivity contribution in [2.24, 2.45) is 0 Å². The zero-order valence-electron chi connectivity index (χ0n) is 9.10. The van der Waals surface area contributed by atoms with Gasteiger partial charge in [0, 0.05) is 5.56 Å². The number of rotatable bonds is 4. The van der Waals surface area contributed by atoms with Crippen LogP contribution in [0, 0.1) is 10.1 Å². The molecule has 5 heteroatoms. The van der Waals surface area contributed by atoms with E-state index in [1.54, 1.807) is 24.3 Å². The zero-order valence-corrected chi connectivity index (χ0v) is 9.10. The standard InChI is InChI=1S/C8H9NO4.C2H6/c1-12-8-5-3-2-4-7(8)6-13-9(10)11;1-2/h2-5H,6H2,1H3;1-2H3. The van der Waals surface area contributed by atoms with E-state index in [2.05, 4.69) is 4.84 Å². The van der Waals surface area contributed by atoms with Gasteiger partial charge in [-0.2, -0.15) is 0 Å². The molecule has 1 rings (SSSR count). The van der Waals surface area contributed by atoms with E-state index in [-0.39, 0.29) is 6.61 Å². The van der Waals surface area contributed by atoms with E-state index in [4.69, 9.17) is 4.74 Å². The lowest BCUT2D eigenvalue weighted by Gasteiger charge is -2.05. The topological polar surface area (TPSA) is 61.6 Å². The highest BCUT2D eigenvalue weighted by molar-refractivity contribution is 5.32. The number of methoxy groups -OCH3 is 1. The predicted octanol–water partition coefficient (Wildman–Crippen LogP) is 2.43. The maximum absolute atomic E-state index is 9.91. The third-order valence-corrected chi connectivity index (χ3v) is 1.52. The van der Waals surface area contributed by atoms with Gasteiger partial charge in [0.25, 0.3) is 5.09 Å². The lowest BCUT2D eigenvalue weighted by atomic mass is 10.2. The Balaban J connectivity index is 0.000000921. The van der Waals surface area contributed by atoms with Crippen LogP contribution in [0.1, 0.15) is 19.4 Å². The maximum atomic E-state index is 9.91. The molecule has 0 unspecified atom stereocenters. The van der Waals surface area contributed by atoms with Crippen molar-refractivity contribution < 1.29 is 14.7 Å². The molecule has 1 aromatic carbocycles. The second-order valence-corrected chi connectivity index (χ2v) is 2.31. The first kappa shape index (κ1) is 13.2. The van der Waals surface area contributed by atoms with Gasteiger partial charge in [0.1, 0.15) is 12.4 Å². The number of hydrogen-bond donors (Lipinski definition) is 0. The highest BCUT2D eigenvalue weighted by atomic mass is 16.9. The molecular weight excluding hydrogens is 198 g/mol. The van der Waals surface area contributed by atoms with Gasteiger partial charge in [0.2, 0.25) is 0 Å². The van der Waals surface area contributed by atoms with E-state index in [1.807, 2.05) is 13.8 Å². The van der Waals surface area contributed by atoms with E-state index < -0.39 is 5.09 Å². The molecule has 0 fully saturated rings. The molecule has 0 radical (unpaired) electrons. The molecule has 0 aliphatic heterocycles. The van der Waals surface area contributed by atoms with Crippen molar-refractivity contribution in [2.45, 2.75) is 20.5 Å². The van der Waals surface area contributed by atoms with Gasteiger partial charge in [0.15, 0.2) is 0 Å². The van der Waals surface area contributed by atoms with Crippen molar-refractivity contribution in [1.82, 2.24) is 0 Å². The SMILES string of the molecule is CC.COc1ccccc1CO[N+](=O)[O-]. The molecule has 0 spiro atoms. The Labute approximate surface area is 88.7 Å². The third kappa shape index (κ3) is 4.85. The van der Waals surface area contributed by atoms with Crippen LogP contribution in [0.5, 0.6) is 5.75 Å². The summed E-state index contributed by atoms with van der Waals surface area (Å²) in [6, 6.07) is 6.98. The molecule has 84 valence electrons. The molecule has 0 aliphatic carbocycles. The summed E-state index contributed by atoms with van der Waals surface area (Å²) in [6.07, 6.45) is 0. The average molecular weight is 213 g/mol.